The van der Waals surface area contributed by atoms with Gasteiger partial charge in [-0.05, 0) is 84.6 Å². The lowest BCUT2D eigenvalue weighted by Gasteiger charge is -2.20. The maximum absolute atomic E-state index is 2.61. The van der Waals surface area contributed by atoms with E-state index in [0.717, 1.165) is 12.8 Å². The second kappa shape index (κ2) is 12.7. The monoisotopic (exact) mass is 677 g/mol. The van der Waals surface area contributed by atoms with Crippen molar-refractivity contribution in [2.75, 3.05) is 0 Å². The van der Waals surface area contributed by atoms with E-state index >= 15 is 0 Å². The topological polar surface area (TPSA) is 4.93 Å². The van der Waals surface area contributed by atoms with Crippen molar-refractivity contribution in [1.29, 1.82) is 0 Å². The minimum atomic E-state index is 1.05. The number of aromatic nitrogens is 1. The number of benzene rings is 9. The first-order valence-electron chi connectivity index (χ1n) is 19.0. The summed E-state index contributed by atoms with van der Waals surface area (Å²) in [5.74, 6) is 0. The summed E-state index contributed by atoms with van der Waals surface area (Å²) in [5, 5.41) is 15.6. The zero-order valence-electron chi connectivity index (χ0n) is 30.1. The Morgan fingerprint density at radius 3 is 1.53 bits per heavy atom. The highest BCUT2D eigenvalue weighted by molar-refractivity contribution is 6.33. The molecule has 53 heavy (non-hydrogen) atoms. The lowest BCUT2D eigenvalue weighted by Crippen LogP contribution is -2.29. The molecule has 1 heterocycles. The number of rotatable bonds is 3. The van der Waals surface area contributed by atoms with Crippen molar-refractivity contribution in [2.45, 2.75) is 26.7 Å². The molecular weight excluding hydrogens is 639 g/mol. The predicted molar refractivity (Wildman–Crippen MR) is 230 cm³/mol. The molecule has 252 valence electrons. The van der Waals surface area contributed by atoms with Gasteiger partial charge in [-0.15, -0.1) is 0 Å². The van der Waals surface area contributed by atoms with Gasteiger partial charge in [-0.2, -0.15) is 0 Å². The lowest BCUT2D eigenvalue weighted by atomic mass is 9.88. The first-order chi connectivity index (χ1) is 26.4. The highest BCUT2D eigenvalue weighted by Gasteiger charge is 2.24. The fraction of sp³-hybridized carbons (Fsp3) is 0.0769. The fourth-order valence-electron chi connectivity index (χ4n) is 9.11. The summed E-state index contributed by atoms with van der Waals surface area (Å²) in [7, 11) is 0. The maximum atomic E-state index is 2.61. The first kappa shape index (κ1) is 31.3. The van der Waals surface area contributed by atoms with Crippen LogP contribution in [0.1, 0.15) is 26.7 Å². The quantitative estimate of drug-likeness (QED) is 0.130. The predicted octanol–water partition coefficient (Wildman–Crippen LogP) is 13.1. The average Bonchev–Trinajstić information content (AvgIpc) is 3.58. The Bertz CT molecular complexity index is 3110. The van der Waals surface area contributed by atoms with Gasteiger partial charge in [0.1, 0.15) is 0 Å². The number of nitrogens with zero attached hydrogens (tertiary/aromatic N) is 1. The molecule has 1 nitrogen and oxygen atoms in total. The van der Waals surface area contributed by atoms with Crippen LogP contribution in [0.15, 0.2) is 164 Å². The number of para-hydroxylation sites is 1. The van der Waals surface area contributed by atoms with Crippen LogP contribution in [0.5, 0.6) is 0 Å². The van der Waals surface area contributed by atoms with Gasteiger partial charge in [0, 0.05) is 26.9 Å². The molecule has 1 heteroatoms. The molecule has 1 aliphatic rings. The summed E-state index contributed by atoms with van der Waals surface area (Å²) in [5.41, 5.74) is 8.85. The minimum Gasteiger partial charge on any atom is -0.307 e. The van der Waals surface area contributed by atoms with Crippen molar-refractivity contribution in [3.05, 3.63) is 174 Å². The molecule has 0 radical (unpaired) electrons. The van der Waals surface area contributed by atoms with Gasteiger partial charge in [-0.1, -0.05) is 178 Å². The molecule has 1 aliphatic carbocycles. The first-order valence-corrected chi connectivity index (χ1v) is 19.0. The SMILES string of the molecule is C1=c2c(-c3ccccc3)cc3c4ccccc4c4c(c5ccccc5n4-c4c5ccccc5c(-c5ccccc5)c5ccccc45)c3c2=CCC1.CC. The molecular formula is C52H39N. The number of hydrogen-bond donors (Lipinski definition) is 0. The third kappa shape index (κ3) is 4.64. The van der Waals surface area contributed by atoms with Gasteiger partial charge in [-0.3, -0.25) is 0 Å². The fourth-order valence-corrected chi connectivity index (χ4v) is 9.11. The van der Waals surface area contributed by atoms with Crippen molar-refractivity contribution in [2.24, 2.45) is 0 Å². The van der Waals surface area contributed by atoms with Gasteiger partial charge in [0.25, 0.3) is 0 Å². The molecule has 0 spiro atoms. The van der Waals surface area contributed by atoms with Crippen LogP contribution in [0.4, 0.5) is 0 Å². The molecule has 0 fully saturated rings. The molecule has 0 unspecified atom stereocenters. The van der Waals surface area contributed by atoms with Crippen LogP contribution in [0.25, 0.3) is 105 Å². The van der Waals surface area contributed by atoms with Crippen LogP contribution < -0.4 is 10.4 Å². The van der Waals surface area contributed by atoms with Crippen LogP contribution in [-0.2, 0) is 0 Å². The summed E-state index contributed by atoms with van der Waals surface area (Å²) >= 11 is 0. The van der Waals surface area contributed by atoms with Crippen molar-refractivity contribution in [1.82, 2.24) is 4.57 Å². The van der Waals surface area contributed by atoms with Crippen LogP contribution in [0, 0.1) is 0 Å². The summed E-state index contributed by atoms with van der Waals surface area (Å²) < 4.78 is 2.61. The highest BCUT2D eigenvalue weighted by Crippen LogP contribution is 2.47. The molecule has 9 aromatic carbocycles. The molecule has 10 aromatic rings. The van der Waals surface area contributed by atoms with Crippen molar-refractivity contribution in [3.63, 3.8) is 0 Å². The van der Waals surface area contributed by atoms with E-state index in [1.165, 1.54) is 103 Å². The Hall–Kier alpha value is -6.44. The van der Waals surface area contributed by atoms with Gasteiger partial charge in [0.15, 0.2) is 0 Å². The third-order valence-electron chi connectivity index (χ3n) is 11.1. The van der Waals surface area contributed by atoms with E-state index in [4.69, 9.17) is 0 Å². The third-order valence-corrected chi connectivity index (χ3v) is 11.1. The summed E-state index contributed by atoms with van der Waals surface area (Å²) in [6.07, 6.45) is 7.08. The Balaban J connectivity index is 0.00000172. The molecule has 0 bridgehead atoms. The number of fused-ring (bicyclic) bond motifs is 12. The van der Waals surface area contributed by atoms with Crippen LogP contribution in [0.3, 0.4) is 0 Å². The Morgan fingerprint density at radius 1 is 0.396 bits per heavy atom. The second-order valence-corrected chi connectivity index (χ2v) is 13.8. The summed E-state index contributed by atoms with van der Waals surface area (Å²) in [4.78, 5) is 0. The van der Waals surface area contributed by atoms with Crippen LogP contribution in [0.2, 0.25) is 0 Å². The van der Waals surface area contributed by atoms with Crippen molar-refractivity contribution in [3.8, 4) is 27.9 Å². The molecule has 0 saturated heterocycles. The summed E-state index contributed by atoms with van der Waals surface area (Å²) in [6.45, 7) is 4.00. The molecule has 0 saturated carbocycles. The van der Waals surface area contributed by atoms with E-state index < -0.39 is 0 Å². The van der Waals surface area contributed by atoms with E-state index in [0.29, 0.717) is 0 Å². The van der Waals surface area contributed by atoms with E-state index in [9.17, 15) is 0 Å². The Labute approximate surface area is 309 Å². The number of hydrogen-bond acceptors (Lipinski definition) is 0. The molecule has 0 atom stereocenters. The van der Waals surface area contributed by atoms with Gasteiger partial charge in [0.2, 0.25) is 0 Å². The van der Waals surface area contributed by atoms with Crippen molar-refractivity contribution >= 4 is 77.0 Å². The van der Waals surface area contributed by atoms with E-state index in [1.54, 1.807) is 0 Å². The standard InChI is InChI=1S/C50H33N.C2H6/c1-3-17-32(18-4-1)43-31-44-35-22-8-12-26-39(35)50-48(47(44)36-23-9-7-21-34(36)43)42-29-15-16-30-45(42)51(50)49-40-27-13-10-24-37(40)46(33-19-5-2-6-20-33)38-25-11-14-28-41(38)49;1-2/h1-6,8,10-31H,7,9H2;1-2H3. The largest absolute Gasteiger partial charge is 0.307 e. The van der Waals surface area contributed by atoms with Crippen molar-refractivity contribution < 1.29 is 0 Å². The van der Waals surface area contributed by atoms with E-state index in [2.05, 4.69) is 181 Å². The normalized spacial score (nSPS) is 12.5. The smallest absolute Gasteiger partial charge is 0.0626 e. The Morgan fingerprint density at radius 2 is 0.887 bits per heavy atom. The van der Waals surface area contributed by atoms with Crippen LogP contribution in [-0.4, -0.2) is 4.57 Å². The highest BCUT2D eigenvalue weighted by atomic mass is 15.0. The molecule has 0 aliphatic heterocycles. The lowest BCUT2D eigenvalue weighted by molar-refractivity contribution is 1.12. The molecule has 1 aromatic heterocycles. The van der Waals surface area contributed by atoms with Gasteiger partial charge < -0.3 is 4.57 Å². The van der Waals surface area contributed by atoms with Gasteiger partial charge in [-0.25, -0.2) is 0 Å². The van der Waals surface area contributed by atoms with Gasteiger partial charge in [0.05, 0.1) is 16.7 Å². The van der Waals surface area contributed by atoms with Gasteiger partial charge >= 0.3 is 0 Å². The average molecular weight is 678 g/mol. The van der Waals surface area contributed by atoms with E-state index in [1.807, 2.05) is 13.8 Å². The zero-order chi connectivity index (χ0) is 35.5. The Kier molecular flexibility index (Phi) is 7.47. The zero-order valence-corrected chi connectivity index (χ0v) is 30.1. The minimum absolute atomic E-state index is 1.05. The summed E-state index contributed by atoms with van der Waals surface area (Å²) in [6, 6.07) is 60.5. The second-order valence-electron chi connectivity index (χ2n) is 13.8. The maximum Gasteiger partial charge on any atom is 0.0626 e. The van der Waals surface area contributed by atoms with Crippen LogP contribution >= 0.6 is 0 Å². The van der Waals surface area contributed by atoms with E-state index in [-0.39, 0.29) is 0 Å². The molecule has 0 N–H and O–H groups in total. The molecule has 11 rings (SSSR count). The molecule has 0 amide bonds.